The SMILES string of the molecule is Cc1ccc(C)c(COc2cccc(F)c2)c1. The Morgan fingerprint density at radius 2 is 1.88 bits per heavy atom. The molecule has 2 aromatic carbocycles. The first-order chi connectivity index (χ1) is 8.15. The average molecular weight is 230 g/mol. The van der Waals surface area contributed by atoms with Crippen molar-refractivity contribution in [2.45, 2.75) is 20.5 Å². The number of hydrogen-bond acceptors (Lipinski definition) is 1. The summed E-state index contributed by atoms with van der Waals surface area (Å²) in [6, 6.07) is 12.4. The minimum atomic E-state index is -0.275. The third kappa shape index (κ3) is 3.06. The molecule has 0 N–H and O–H groups in total. The van der Waals surface area contributed by atoms with Crippen molar-refractivity contribution in [3.8, 4) is 5.75 Å². The first kappa shape index (κ1) is 11.6. The van der Waals surface area contributed by atoms with E-state index in [-0.39, 0.29) is 5.82 Å². The molecule has 0 aromatic heterocycles. The molecule has 0 saturated carbocycles. The lowest BCUT2D eigenvalue weighted by Crippen LogP contribution is -1.98. The van der Waals surface area contributed by atoms with Crippen LogP contribution < -0.4 is 4.74 Å². The fourth-order valence-corrected chi connectivity index (χ4v) is 1.67. The van der Waals surface area contributed by atoms with Crippen molar-refractivity contribution >= 4 is 0 Å². The maximum Gasteiger partial charge on any atom is 0.126 e. The van der Waals surface area contributed by atoms with Crippen molar-refractivity contribution in [2.75, 3.05) is 0 Å². The molecule has 0 bridgehead atoms. The zero-order valence-corrected chi connectivity index (χ0v) is 10.0. The van der Waals surface area contributed by atoms with Gasteiger partial charge in [-0.15, -0.1) is 0 Å². The number of ether oxygens (including phenoxy) is 1. The Morgan fingerprint density at radius 3 is 2.65 bits per heavy atom. The van der Waals surface area contributed by atoms with Crippen LogP contribution in [0.2, 0.25) is 0 Å². The minimum Gasteiger partial charge on any atom is -0.489 e. The fraction of sp³-hybridized carbons (Fsp3) is 0.200. The van der Waals surface area contributed by atoms with Gasteiger partial charge in [0.2, 0.25) is 0 Å². The Balaban J connectivity index is 2.09. The number of rotatable bonds is 3. The molecule has 2 rings (SSSR count). The van der Waals surface area contributed by atoms with Gasteiger partial charge in [0.1, 0.15) is 18.2 Å². The Morgan fingerprint density at radius 1 is 1.06 bits per heavy atom. The molecule has 0 unspecified atom stereocenters. The highest BCUT2D eigenvalue weighted by Crippen LogP contribution is 2.16. The first-order valence-corrected chi connectivity index (χ1v) is 5.59. The van der Waals surface area contributed by atoms with Gasteiger partial charge in [-0.3, -0.25) is 0 Å². The van der Waals surface area contributed by atoms with Gasteiger partial charge in [0, 0.05) is 6.07 Å². The summed E-state index contributed by atoms with van der Waals surface area (Å²) in [6.07, 6.45) is 0. The van der Waals surface area contributed by atoms with E-state index in [2.05, 4.69) is 18.2 Å². The van der Waals surface area contributed by atoms with E-state index in [0.717, 1.165) is 5.56 Å². The van der Waals surface area contributed by atoms with Crippen molar-refractivity contribution in [2.24, 2.45) is 0 Å². The van der Waals surface area contributed by atoms with Gasteiger partial charge in [-0.2, -0.15) is 0 Å². The molecule has 2 aromatic rings. The van der Waals surface area contributed by atoms with Crippen LogP contribution in [0.25, 0.3) is 0 Å². The van der Waals surface area contributed by atoms with Crippen molar-refractivity contribution in [3.63, 3.8) is 0 Å². The molecule has 0 amide bonds. The minimum absolute atomic E-state index is 0.275. The van der Waals surface area contributed by atoms with E-state index >= 15 is 0 Å². The lowest BCUT2D eigenvalue weighted by atomic mass is 10.1. The largest absolute Gasteiger partial charge is 0.489 e. The van der Waals surface area contributed by atoms with Crippen LogP contribution in [-0.2, 0) is 6.61 Å². The molecule has 0 atom stereocenters. The quantitative estimate of drug-likeness (QED) is 0.773. The highest BCUT2D eigenvalue weighted by atomic mass is 19.1. The van der Waals surface area contributed by atoms with Crippen LogP contribution in [-0.4, -0.2) is 0 Å². The molecule has 0 aliphatic rings. The van der Waals surface area contributed by atoms with Crippen molar-refractivity contribution in [1.29, 1.82) is 0 Å². The van der Waals surface area contributed by atoms with Gasteiger partial charge in [-0.05, 0) is 37.1 Å². The molecular formula is C15H15FO. The number of benzene rings is 2. The molecule has 0 aliphatic carbocycles. The molecule has 1 nitrogen and oxygen atoms in total. The third-order valence-corrected chi connectivity index (χ3v) is 2.70. The molecule has 88 valence electrons. The van der Waals surface area contributed by atoms with Gasteiger partial charge >= 0.3 is 0 Å². The predicted octanol–water partition coefficient (Wildman–Crippen LogP) is 4.02. The summed E-state index contributed by atoms with van der Waals surface area (Å²) in [6.45, 7) is 4.56. The summed E-state index contributed by atoms with van der Waals surface area (Å²) in [5.41, 5.74) is 3.52. The Bertz CT molecular complexity index is 520. The highest BCUT2D eigenvalue weighted by molar-refractivity contribution is 5.31. The Labute approximate surface area is 101 Å². The van der Waals surface area contributed by atoms with Gasteiger partial charge in [0.25, 0.3) is 0 Å². The maximum atomic E-state index is 13.0. The van der Waals surface area contributed by atoms with Crippen molar-refractivity contribution < 1.29 is 9.13 Å². The van der Waals surface area contributed by atoms with Crippen LogP contribution >= 0.6 is 0 Å². The second-order valence-electron chi connectivity index (χ2n) is 4.18. The summed E-state index contributed by atoms with van der Waals surface area (Å²) in [5.74, 6) is 0.286. The molecule has 0 radical (unpaired) electrons. The smallest absolute Gasteiger partial charge is 0.126 e. The lowest BCUT2D eigenvalue weighted by Gasteiger charge is -2.09. The maximum absolute atomic E-state index is 13.0. The molecule has 0 aliphatic heterocycles. The van der Waals surface area contributed by atoms with E-state index in [1.54, 1.807) is 12.1 Å². The van der Waals surface area contributed by atoms with E-state index in [4.69, 9.17) is 4.74 Å². The molecule has 2 heteroatoms. The van der Waals surface area contributed by atoms with Crippen LogP contribution in [0.1, 0.15) is 16.7 Å². The molecule has 0 spiro atoms. The third-order valence-electron chi connectivity index (χ3n) is 2.70. The second kappa shape index (κ2) is 5.00. The predicted molar refractivity (Wildman–Crippen MR) is 66.6 cm³/mol. The Kier molecular flexibility index (Phi) is 3.43. The average Bonchev–Trinajstić information content (AvgIpc) is 2.30. The first-order valence-electron chi connectivity index (χ1n) is 5.59. The topological polar surface area (TPSA) is 9.23 Å². The summed E-state index contributed by atoms with van der Waals surface area (Å²) in [4.78, 5) is 0. The zero-order valence-electron chi connectivity index (χ0n) is 10.0. The van der Waals surface area contributed by atoms with Gasteiger partial charge < -0.3 is 4.74 Å². The summed E-state index contributed by atoms with van der Waals surface area (Å²) >= 11 is 0. The summed E-state index contributed by atoms with van der Waals surface area (Å²) in [7, 11) is 0. The number of hydrogen-bond donors (Lipinski definition) is 0. The van der Waals surface area contributed by atoms with E-state index in [1.165, 1.54) is 23.3 Å². The van der Waals surface area contributed by atoms with Gasteiger partial charge in [-0.25, -0.2) is 4.39 Å². The monoisotopic (exact) mass is 230 g/mol. The standard InChI is InChI=1S/C15H15FO/c1-11-6-7-12(2)13(8-11)10-17-15-5-3-4-14(16)9-15/h3-9H,10H2,1-2H3. The zero-order chi connectivity index (χ0) is 12.3. The van der Waals surface area contributed by atoms with Crippen LogP contribution in [0.15, 0.2) is 42.5 Å². The van der Waals surface area contributed by atoms with Crippen LogP contribution in [0.3, 0.4) is 0 Å². The molecule has 0 heterocycles. The lowest BCUT2D eigenvalue weighted by molar-refractivity contribution is 0.304. The second-order valence-corrected chi connectivity index (χ2v) is 4.18. The van der Waals surface area contributed by atoms with Crippen LogP contribution in [0, 0.1) is 19.7 Å². The summed E-state index contributed by atoms with van der Waals surface area (Å²) < 4.78 is 18.5. The van der Waals surface area contributed by atoms with E-state index < -0.39 is 0 Å². The molecule has 0 fully saturated rings. The number of aryl methyl sites for hydroxylation is 2. The highest BCUT2D eigenvalue weighted by Gasteiger charge is 2.01. The van der Waals surface area contributed by atoms with E-state index in [0.29, 0.717) is 12.4 Å². The fourth-order valence-electron chi connectivity index (χ4n) is 1.67. The van der Waals surface area contributed by atoms with Crippen molar-refractivity contribution in [1.82, 2.24) is 0 Å². The van der Waals surface area contributed by atoms with Crippen LogP contribution in [0.5, 0.6) is 5.75 Å². The van der Waals surface area contributed by atoms with Crippen molar-refractivity contribution in [3.05, 3.63) is 65.0 Å². The van der Waals surface area contributed by atoms with Gasteiger partial charge in [0.15, 0.2) is 0 Å². The number of halogens is 1. The summed E-state index contributed by atoms with van der Waals surface area (Å²) in [5, 5.41) is 0. The van der Waals surface area contributed by atoms with Gasteiger partial charge in [-0.1, -0.05) is 29.8 Å². The van der Waals surface area contributed by atoms with Crippen LogP contribution in [0.4, 0.5) is 4.39 Å². The molecular weight excluding hydrogens is 215 g/mol. The van der Waals surface area contributed by atoms with E-state index in [9.17, 15) is 4.39 Å². The van der Waals surface area contributed by atoms with E-state index in [1.807, 2.05) is 13.8 Å². The van der Waals surface area contributed by atoms with Gasteiger partial charge in [0.05, 0.1) is 0 Å². The normalized spacial score (nSPS) is 10.3. The molecule has 0 saturated heterocycles. The Hall–Kier alpha value is -1.83. The molecule has 17 heavy (non-hydrogen) atoms.